The van der Waals surface area contributed by atoms with E-state index in [2.05, 4.69) is 17.6 Å². The van der Waals surface area contributed by atoms with Crippen LogP contribution in [0.3, 0.4) is 0 Å². The van der Waals surface area contributed by atoms with E-state index in [1.807, 2.05) is 0 Å². The molecule has 0 unspecified atom stereocenters. The SMILES string of the molecule is C[C@@H]1CCCC[C@@H]1NC(=O)CNC(=O)c1ccc(Cl)cc1. The molecule has 0 radical (unpaired) electrons. The first-order chi connectivity index (χ1) is 10.1. The molecule has 5 heteroatoms. The van der Waals surface area contributed by atoms with Gasteiger partial charge in [-0.25, -0.2) is 0 Å². The molecule has 1 aromatic rings. The van der Waals surface area contributed by atoms with Crippen molar-refractivity contribution in [3.63, 3.8) is 0 Å². The van der Waals surface area contributed by atoms with Crippen LogP contribution in [-0.4, -0.2) is 24.4 Å². The van der Waals surface area contributed by atoms with Gasteiger partial charge in [-0.1, -0.05) is 31.4 Å². The third-order valence-electron chi connectivity index (χ3n) is 3.97. The largest absolute Gasteiger partial charge is 0.352 e. The molecule has 2 amide bonds. The van der Waals surface area contributed by atoms with Gasteiger partial charge < -0.3 is 10.6 Å². The summed E-state index contributed by atoms with van der Waals surface area (Å²) in [7, 11) is 0. The predicted molar refractivity (Wildman–Crippen MR) is 83.3 cm³/mol. The maximum atomic E-state index is 11.9. The normalized spacial score (nSPS) is 21.6. The van der Waals surface area contributed by atoms with E-state index < -0.39 is 0 Å². The van der Waals surface area contributed by atoms with E-state index in [0.717, 1.165) is 19.3 Å². The monoisotopic (exact) mass is 308 g/mol. The lowest BCUT2D eigenvalue weighted by atomic mass is 9.86. The molecular formula is C16H21ClN2O2. The smallest absolute Gasteiger partial charge is 0.251 e. The lowest BCUT2D eigenvalue weighted by Gasteiger charge is -2.29. The Kier molecular flexibility index (Phi) is 5.62. The number of nitrogens with one attached hydrogen (secondary N) is 2. The maximum Gasteiger partial charge on any atom is 0.251 e. The Labute approximate surface area is 130 Å². The highest BCUT2D eigenvalue weighted by Gasteiger charge is 2.22. The standard InChI is InChI=1S/C16H21ClN2O2/c1-11-4-2-3-5-14(11)19-15(20)10-18-16(21)12-6-8-13(17)9-7-12/h6-9,11,14H,2-5,10H2,1H3,(H,18,21)(H,19,20)/t11-,14+/m1/s1. The van der Waals surface area contributed by atoms with Crippen molar-refractivity contribution in [2.24, 2.45) is 5.92 Å². The minimum absolute atomic E-state index is 0.00464. The van der Waals surface area contributed by atoms with Gasteiger partial charge in [0.05, 0.1) is 6.54 Å². The highest BCUT2D eigenvalue weighted by molar-refractivity contribution is 6.30. The average Bonchev–Trinajstić information content (AvgIpc) is 2.48. The number of amides is 2. The summed E-state index contributed by atoms with van der Waals surface area (Å²) < 4.78 is 0. The fourth-order valence-corrected chi connectivity index (χ4v) is 2.78. The highest BCUT2D eigenvalue weighted by atomic mass is 35.5. The molecule has 2 N–H and O–H groups in total. The summed E-state index contributed by atoms with van der Waals surface area (Å²) in [5.41, 5.74) is 0.498. The van der Waals surface area contributed by atoms with Crippen LogP contribution in [0.1, 0.15) is 43.0 Å². The maximum absolute atomic E-state index is 11.9. The van der Waals surface area contributed by atoms with Crippen LogP contribution < -0.4 is 10.6 Å². The Bertz CT molecular complexity index is 502. The zero-order valence-electron chi connectivity index (χ0n) is 12.2. The second-order valence-corrected chi connectivity index (χ2v) is 6.06. The van der Waals surface area contributed by atoms with Crippen molar-refractivity contribution < 1.29 is 9.59 Å². The van der Waals surface area contributed by atoms with Crippen LogP contribution in [0.25, 0.3) is 0 Å². The van der Waals surface area contributed by atoms with Crippen LogP contribution in [0.5, 0.6) is 0 Å². The zero-order valence-corrected chi connectivity index (χ0v) is 13.0. The van der Waals surface area contributed by atoms with Crippen LogP contribution in [0.2, 0.25) is 5.02 Å². The van der Waals surface area contributed by atoms with E-state index in [1.165, 1.54) is 6.42 Å². The number of benzene rings is 1. The molecule has 0 spiro atoms. The predicted octanol–water partition coefficient (Wildman–Crippen LogP) is 2.76. The van der Waals surface area contributed by atoms with Gasteiger partial charge in [-0.3, -0.25) is 9.59 Å². The molecule has 1 aliphatic rings. The summed E-state index contributed by atoms with van der Waals surface area (Å²) in [5, 5.41) is 6.22. The molecule has 1 saturated carbocycles. The van der Waals surface area contributed by atoms with Crippen molar-refractivity contribution in [2.45, 2.75) is 38.6 Å². The molecule has 0 aromatic heterocycles. The van der Waals surface area contributed by atoms with Crippen LogP contribution in [0, 0.1) is 5.92 Å². The summed E-state index contributed by atoms with van der Waals surface area (Å²) >= 11 is 5.77. The lowest BCUT2D eigenvalue weighted by Crippen LogP contribution is -2.45. The first-order valence-corrected chi connectivity index (χ1v) is 7.77. The minimum atomic E-state index is -0.265. The van der Waals surface area contributed by atoms with Gasteiger partial charge in [0.1, 0.15) is 0 Å². The van der Waals surface area contributed by atoms with Crippen LogP contribution in [0.15, 0.2) is 24.3 Å². The van der Waals surface area contributed by atoms with Crippen molar-refractivity contribution in [1.29, 1.82) is 0 Å². The van der Waals surface area contributed by atoms with Crippen molar-refractivity contribution in [1.82, 2.24) is 10.6 Å². The van der Waals surface area contributed by atoms with E-state index in [1.54, 1.807) is 24.3 Å². The highest BCUT2D eigenvalue weighted by Crippen LogP contribution is 2.23. The van der Waals surface area contributed by atoms with Crippen LogP contribution in [0.4, 0.5) is 0 Å². The molecule has 4 nitrogen and oxygen atoms in total. The molecule has 1 aromatic carbocycles. The third kappa shape index (κ3) is 4.74. The molecule has 1 fully saturated rings. The quantitative estimate of drug-likeness (QED) is 0.898. The average molecular weight is 309 g/mol. The van der Waals surface area contributed by atoms with E-state index >= 15 is 0 Å². The Balaban J connectivity index is 1.78. The van der Waals surface area contributed by atoms with Crippen LogP contribution in [-0.2, 0) is 4.79 Å². The Morgan fingerprint density at radius 3 is 2.52 bits per heavy atom. The zero-order chi connectivity index (χ0) is 15.2. The first-order valence-electron chi connectivity index (χ1n) is 7.39. The van der Waals surface area contributed by atoms with Gasteiger partial charge in [0.2, 0.25) is 5.91 Å². The summed E-state index contributed by atoms with van der Waals surface area (Å²) in [5.74, 6) is 0.115. The lowest BCUT2D eigenvalue weighted by molar-refractivity contribution is -0.121. The van der Waals surface area contributed by atoms with Gasteiger partial charge in [0, 0.05) is 16.6 Å². The summed E-state index contributed by atoms with van der Waals surface area (Å²) in [6, 6.07) is 6.82. The molecule has 1 aliphatic carbocycles. The van der Waals surface area contributed by atoms with Crippen LogP contribution >= 0.6 is 11.6 Å². The molecule has 0 heterocycles. The molecule has 0 bridgehead atoms. The van der Waals surface area contributed by atoms with E-state index in [0.29, 0.717) is 16.5 Å². The minimum Gasteiger partial charge on any atom is -0.352 e. The van der Waals surface area contributed by atoms with E-state index in [4.69, 9.17) is 11.6 Å². The Morgan fingerprint density at radius 2 is 1.86 bits per heavy atom. The fourth-order valence-electron chi connectivity index (χ4n) is 2.65. The van der Waals surface area contributed by atoms with Gasteiger partial charge in [0.15, 0.2) is 0 Å². The molecular weight excluding hydrogens is 288 g/mol. The first kappa shape index (κ1) is 15.8. The van der Waals surface area contributed by atoms with Gasteiger partial charge in [0.25, 0.3) is 5.91 Å². The molecule has 0 saturated heterocycles. The molecule has 0 aliphatic heterocycles. The number of carbonyl (C=O) groups is 2. The van der Waals surface area contributed by atoms with Crippen molar-refractivity contribution in [3.05, 3.63) is 34.9 Å². The molecule has 2 atom stereocenters. The van der Waals surface area contributed by atoms with Crippen molar-refractivity contribution >= 4 is 23.4 Å². The number of rotatable bonds is 4. The van der Waals surface area contributed by atoms with Gasteiger partial charge in [-0.15, -0.1) is 0 Å². The molecule has 114 valence electrons. The number of hydrogen-bond acceptors (Lipinski definition) is 2. The summed E-state index contributed by atoms with van der Waals surface area (Å²) in [6.07, 6.45) is 4.58. The summed E-state index contributed by atoms with van der Waals surface area (Å²) in [6.45, 7) is 2.17. The Morgan fingerprint density at radius 1 is 1.19 bits per heavy atom. The number of hydrogen-bond donors (Lipinski definition) is 2. The Hall–Kier alpha value is -1.55. The van der Waals surface area contributed by atoms with Crippen molar-refractivity contribution in [3.8, 4) is 0 Å². The van der Waals surface area contributed by atoms with E-state index in [-0.39, 0.29) is 24.4 Å². The van der Waals surface area contributed by atoms with Crippen molar-refractivity contribution in [2.75, 3.05) is 6.54 Å². The summed E-state index contributed by atoms with van der Waals surface area (Å²) in [4.78, 5) is 23.8. The second-order valence-electron chi connectivity index (χ2n) is 5.63. The molecule has 2 rings (SSSR count). The second kappa shape index (κ2) is 7.46. The van der Waals surface area contributed by atoms with Gasteiger partial charge in [-0.05, 0) is 43.0 Å². The van der Waals surface area contributed by atoms with E-state index in [9.17, 15) is 9.59 Å². The van der Waals surface area contributed by atoms with Gasteiger partial charge in [-0.2, -0.15) is 0 Å². The molecule has 21 heavy (non-hydrogen) atoms. The third-order valence-corrected chi connectivity index (χ3v) is 4.23. The fraction of sp³-hybridized carbons (Fsp3) is 0.500. The van der Waals surface area contributed by atoms with Gasteiger partial charge >= 0.3 is 0 Å². The topological polar surface area (TPSA) is 58.2 Å². The number of halogens is 1. The number of carbonyl (C=O) groups excluding carboxylic acids is 2.